The van der Waals surface area contributed by atoms with E-state index in [1.165, 1.54) is 23.1 Å². The first kappa shape index (κ1) is 21.7. The fraction of sp³-hybridized carbons (Fsp3) is 0.217. The van der Waals surface area contributed by atoms with Gasteiger partial charge in [-0.2, -0.15) is 0 Å². The van der Waals surface area contributed by atoms with Gasteiger partial charge in [0.15, 0.2) is 5.13 Å². The van der Waals surface area contributed by atoms with Gasteiger partial charge in [0.2, 0.25) is 5.91 Å². The van der Waals surface area contributed by atoms with E-state index in [1.807, 2.05) is 60.7 Å². The number of carbonyl (C=O) groups is 2. The number of fused-ring (bicyclic) bond motifs is 1. The van der Waals surface area contributed by atoms with Crippen molar-refractivity contribution in [1.29, 1.82) is 0 Å². The minimum atomic E-state index is -0.0348. The van der Waals surface area contributed by atoms with Crippen molar-refractivity contribution >= 4 is 72.9 Å². The van der Waals surface area contributed by atoms with Crippen LogP contribution in [0.4, 0.5) is 5.13 Å². The number of thiazole rings is 1. The normalized spacial score (nSPS) is 15.2. The minimum Gasteiger partial charge on any atom is -0.302 e. The van der Waals surface area contributed by atoms with Gasteiger partial charge in [-0.1, -0.05) is 84.2 Å². The lowest BCUT2D eigenvalue weighted by Gasteiger charge is -2.14. The van der Waals surface area contributed by atoms with Gasteiger partial charge < -0.3 is 5.32 Å². The molecule has 1 saturated heterocycles. The summed E-state index contributed by atoms with van der Waals surface area (Å²) in [6.45, 7) is 0.580. The highest BCUT2D eigenvalue weighted by Gasteiger charge is 2.31. The number of rotatable bonds is 8. The highest BCUT2D eigenvalue weighted by atomic mass is 32.2. The summed E-state index contributed by atoms with van der Waals surface area (Å²) >= 11 is 8.21. The van der Waals surface area contributed by atoms with Gasteiger partial charge in [-0.15, -0.1) is 0 Å². The van der Waals surface area contributed by atoms with Crippen molar-refractivity contribution in [3.05, 3.63) is 65.1 Å². The van der Waals surface area contributed by atoms with E-state index in [1.54, 1.807) is 4.90 Å². The first-order valence-electron chi connectivity index (χ1n) is 10.1. The summed E-state index contributed by atoms with van der Waals surface area (Å²) in [5.74, 6) is -0.0668. The molecule has 0 unspecified atom stereocenters. The number of nitrogens with zero attached hydrogens (tertiary/aromatic N) is 2. The van der Waals surface area contributed by atoms with Crippen LogP contribution in [0.5, 0.6) is 0 Å². The number of unbranched alkanes of at least 4 members (excludes halogenated alkanes) is 2. The zero-order valence-electron chi connectivity index (χ0n) is 16.7. The number of aromatic nitrogens is 1. The van der Waals surface area contributed by atoms with Crippen molar-refractivity contribution in [3.8, 4) is 0 Å². The molecule has 1 N–H and O–H groups in total. The molecule has 5 nitrogen and oxygen atoms in total. The van der Waals surface area contributed by atoms with Crippen LogP contribution in [0.3, 0.4) is 0 Å². The molecule has 1 aromatic heterocycles. The van der Waals surface area contributed by atoms with Gasteiger partial charge in [-0.25, -0.2) is 4.98 Å². The number of hydrogen-bond acceptors (Lipinski definition) is 6. The molecule has 4 rings (SSSR count). The average Bonchev–Trinajstić information content (AvgIpc) is 3.29. The smallest absolute Gasteiger partial charge is 0.266 e. The zero-order chi connectivity index (χ0) is 21.6. The number of thioether (sulfide) groups is 1. The van der Waals surface area contributed by atoms with Gasteiger partial charge in [0.05, 0.1) is 15.1 Å². The molecule has 1 aliphatic rings. The van der Waals surface area contributed by atoms with Crippen molar-refractivity contribution in [2.24, 2.45) is 0 Å². The van der Waals surface area contributed by atoms with Crippen LogP contribution in [0.25, 0.3) is 16.3 Å². The van der Waals surface area contributed by atoms with Gasteiger partial charge in [0, 0.05) is 13.0 Å². The molecule has 1 aliphatic heterocycles. The summed E-state index contributed by atoms with van der Waals surface area (Å²) in [5.41, 5.74) is 1.88. The average molecular weight is 468 g/mol. The molecule has 0 atom stereocenters. The monoisotopic (exact) mass is 467 g/mol. The van der Waals surface area contributed by atoms with Crippen LogP contribution in [-0.4, -0.2) is 32.6 Å². The van der Waals surface area contributed by atoms with E-state index < -0.39 is 0 Å². The minimum absolute atomic E-state index is 0.0320. The van der Waals surface area contributed by atoms with Crippen LogP contribution in [0.2, 0.25) is 0 Å². The lowest BCUT2D eigenvalue weighted by Crippen LogP contribution is -2.29. The van der Waals surface area contributed by atoms with Crippen molar-refractivity contribution < 1.29 is 9.59 Å². The summed E-state index contributed by atoms with van der Waals surface area (Å²) < 4.78 is 1.66. The van der Waals surface area contributed by atoms with E-state index in [-0.39, 0.29) is 11.8 Å². The summed E-state index contributed by atoms with van der Waals surface area (Å²) in [6.07, 6.45) is 4.72. The Kier molecular flexibility index (Phi) is 7.11. The topological polar surface area (TPSA) is 62.3 Å². The second kappa shape index (κ2) is 10.2. The Morgan fingerprint density at radius 1 is 1.06 bits per heavy atom. The van der Waals surface area contributed by atoms with Crippen LogP contribution in [0, 0.1) is 0 Å². The molecule has 0 bridgehead atoms. The van der Waals surface area contributed by atoms with Crippen LogP contribution < -0.4 is 5.32 Å². The molecule has 2 aromatic carbocycles. The van der Waals surface area contributed by atoms with E-state index in [0.717, 1.165) is 35.0 Å². The van der Waals surface area contributed by atoms with Crippen molar-refractivity contribution in [2.45, 2.75) is 25.7 Å². The molecule has 2 heterocycles. The number of anilines is 1. The first-order valence-corrected chi connectivity index (χ1v) is 12.1. The van der Waals surface area contributed by atoms with E-state index in [0.29, 0.717) is 27.3 Å². The van der Waals surface area contributed by atoms with Gasteiger partial charge in [0.1, 0.15) is 4.32 Å². The van der Waals surface area contributed by atoms with E-state index in [4.69, 9.17) is 12.2 Å². The number of amides is 2. The van der Waals surface area contributed by atoms with Gasteiger partial charge in [-0.05, 0) is 36.6 Å². The van der Waals surface area contributed by atoms with Gasteiger partial charge >= 0.3 is 0 Å². The van der Waals surface area contributed by atoms with Crippen molar-refractivity contribution in [2.75, 3.05) is 11.9 Å². The summed E-state index contributed by atoms with van der Waals surface area (Å²) in [4.78, 5) is 31.6. The number of hydrogen-bond donors (Lipinski definition) is 1. The largest absolute Gasteiger partial charge is 0.302 e. The Balaban J connectivity index is 1.20. The van der Waals surface area contributed by atoms with Gasteiger partial charge in [0.25, 0.3) is 5.91 Å². The summed E-state index contributed by atoms with van der Waals surface area (Å²) in [7, 11) is 0. The molecule has 0 radical (unpaired) electrons. The van der Waals surface area contributed by atoms with Crippen LogP contribution >= 0.6 is 35.3 Å². The predicted octanol–water partition coefficient (Wildman–Crippen LogP) is 5.70. The van der Waals surface area contributed by atoms with Crippen LogP contribution in [0.15, 0.2) is 59.5 Å². The van der Waals surface area contributed by atoms with E-state index >= 15 is 0 Å². The Labute approximate surface area is 194 Å². The molecule has 31 heavy (non-hydrogen) atoms. The summed E-state index contributed by atoms with van der Waals surface area (Å²) in [5, 5.41) is 3.51. The number of para-hydroxylation sites is 1. The maximum absolute atomic E-state index is 12.6. The molecular weight excluding hydrogens is 446 g/mol. The second-order valence-electron chi connectivity index (χ2n) is 7.09. The molecule has 0 saturated carbocycles. The first-order chi connectivity index (χ1) is 15.1. The Morgan fingerprint density at radius 3 is 2.65 bits per heavy atom. The summed E-state index contributed by atoms with van der Waals surface area (Å²) in [6, 6.07) is 17.6. The van der Waals surface area contributed by atoms with Gasteiger partial charge in [-0.3, -0.25) is 14.5 Å². The third-order valence-electron chi connectivity index (χ3n) is 4.80. The molecule has 158 valence electrons. The fourth-order valence-corrected chi connectivity index (χ4v) is 5.42. The number of nitrogens with one attached hydrogen (secondary N) is 1. The number of benzene rings is 2. The molecule has 1 fully saturated rings. The molecule has 2 amide bonds. The van der Waals surface area contributed by atoms with E-state index in [9.17, 15) is 9.59 Å². The Hall–Kier alpha value is -2.55. The molecule has 0 spiro atoms. The Bertz CT molecular complexity index is 1110. The SMILES string of the molecule is O=C(CCCCCN1C(=O)/C(=C/c2ccccc2)SC1=S)Nc1nc2ccccc2s1. The number of thiocarbonyl (C=S) groups is 1. The Morgan fingerprint density at radius 2 is 1.84 bits per heavy atom. The highest BCUT2D eigenvalue weighted by molar-refractivity contribution is 8.26. The maximum atomic E-state index is 12.6. The van der Waals surface area contributed by atoms with Crippen molar-refractivity contribution in [1.82, 2.24) is 9.88 Å². The molecule has 0 aliphatic carbocycles. The third-order valence-corrected chi connectivity index (χ3v) is 7.13. The molecule has 8 heteroatoms. The second-order valence-corrected chi connectivity index (χ2v) is 9.80. The quantitative estimate of drug-likeness (QED) is 0.262. The van der Waals surface area contributed by atoms with Crippen molar-refractivity contribution in [3.63, 3.8) is 0 Å². The highest BCUT2D eigenvalue weighted by Crippen LogP contribution is 2.32. The fourth-order valence-electron chi connectivity index (χ4n) is 3.23. The zero-order valence-corrected chi connectivity index (χ0v) is 19.2. The number of carbonyl (C=O) groups excluding carboxylic acids is 2. The van der Waals surface area contributed by atoms with Crippen LogP contribution in [0.1, 0.15) is 31.2 Å². The molecular formula is C23H21N3O2S3. The lowest BCUT2D eigenvalue weighted by atomic mass is 10.2. The third kappa shape index (κ3) is 5.58. The standard InChI is InChI=1S/C23H21N3O2S3/c27-20(25-22-24-17-11-6-7-12-18(17)30-22)13-5-2-8-14-26-21(28)19(31-23(26)29)15-16-9-3-1-4-10-16/h1,3-4,6-7,9-12,15H,2,5,8,13-14H2,(H,24,25,27)/b19-15-. The lowest BCUT2D eigenvalue weighted by molar-refractivity contribution is -0.122. The molecule has 3 aromatic rings. The van der Waals surface area contributed by atoms with E-state index in [2.05, 4.69) is 10.3 Å². The van der Waals surface area contributed by atoms with Crippen LogP contribution in [-0.2, 0) is 9.59 Å². The predicted molar refractivity (Wildman–Crippen MR) is 133 cm³/mol. The maximum Gasteiger partial charge on any atom is 0.266 e.